The molecule has 0 bridgehead atoms. The van der Waals surface area contributed by atoms with Gasteiger partial charge in [-0.05, 0) is 71.4 Å². The molecule has 0 aromatic heterocycles. The smallest absolute Gasteiger partial charge is 0.416 e. The van der Waals surface area contributed by atoms with Gasteiger partial charge in [-0.15, -0.1) is 0 Å². The number of hydrogen-bond acceptors (Lipinski definition) is 6. The van der Waals surface area contributed by atoms with Crippen LogP contribution in [0.15, 0.2) is 59.5 Å². The van der Waals surface area contributed by atoms with E-state index in [9.17, 15) is 27.6 Å². The number of hydrogen-bond donors (Lipinski definition) is 1. The SMILES string of the molecule is COc1cc(/C=C2\SC(=O)N(CC(=O)Nc3cccc(C(F)(F)F)c3)C2=O)cc(Cl)c1OCc1ccc(Cl)c(Cl)c1. The van der Waals surface area contributed by atoms with Crippen LogP contribution in [-0.4, -0.2) is 35.6 Å². The highest BCUT2D eigenvalue weighted by Crippen LogP contribution is 2.39. The quantitative estimate of drug-likeness (QED) is 0.251. The number of imide groups is 1. The van der Waals surface area contributed by atoms with Gasteiger partial charge in [0.25, 0.3) is 11.1 Å². The summed E-state index contributed by atoms with van der Waals surface area (Å²) in [7, 11) is 1.40. The summed E-state index contributed by atoms with van der Waals surface area (Å²) in [6.07, 6.45) is -3.20. The summed E-state index contributed by atoms with van der Waals surface area (Å²) in [6.45, 7) is -0.586. The van der Waals surface area contributed by atoms with Crippen LogP contribution in [0.3, 0.4) is 0 Å². The molecule has 1 saturated heterocycles. The number of halogens is 6. The minimum Gasteiger partial charge on any atom is -0.493 e. The standard InChI is InChI=1S/C27H18Cl3F3N2O5S/c1-39-21-9-15(8-20(30)24(21)40-13-14-5-6-18(28)19(29)7-14)10-22-25(37)35(26(38)41-22)12-23(36)34-17-4-2-3-16(11-17)27(31,32)33/h2-11H,12-13H2,1H3,(H,34,36)/b22-10-. The molecule has 7 nitrogen and oxygen atoms in total. The van der Waals surface area contributed by atoms with Crippen LogP contribution in [0.5, 0.6) is 11.5 Å². The van der Waals surface area contributed by atoms with Crippen LogP contribution in [0, 0.1) is 0 Å². The minimum absolute atomic E-state index is 0.00413. The Kier molecular flexibility index (Phi) is 9.43. The maximum Gasteiger partial charge on any atom is 0.416 e. The number of methoxy groups -OCH3 is 1. The Morgan fingerprint density at radius 3 is 2.46 bits per heavy atom. The second-order valence-corrected chi connectivity index (χ2v) is 10.7. The average Bonchev–Trinajstić information content (AvgIpc) is 3.16. The van der Waals surface area contributed by atoms with Gasteiger partial charge >= 0.3 is 6.18 Å². The number of ether oxygens (including phenoxy) is 2. The molecule has 1 aliphatic rings. The lowest BCUT2D eigenvalue weighted by Gasteiger charge is -2.14. The predicted molar refractivity (Wildman–Crippen MR) is 152 cm³/mol. The maximum absolute atomic E-state index is 12.9. The first kappa shape index (κ1) is 30.6. The van der Waals surface area contributed by atoms with Crippen molar-refractivity contribution in [2.45, 2.75) is 12.8 Å². The molecule has 3 aromatic rings. The highest BCUT2D eigenvalue weighted by atomic mass is 35.5. The zero-order valence-corrected chi connectivity index (χ0v) is 23.9. The molecule has 0 radical (unpaired) electrons. The first-order valence-corrected chi connectivity index (χ1v) is 13.5. The molecule has 1 fully saturated rings. The summed E-state index contributed by atoms with van der Waals surface area (Å²) >= 11 is 19.0. The van der Waals surface area contributed by atoms with Gasteiger partial charge in [0.1, 0.15) is 13.2 Å². The third kappa shape index (κ3) is 7.48. The minimum atomic E-state index is -4.60. The van der Waals surface area contributed by atoms with Crippen molar-refractivity contribution in [2.24, 2.45) is 0 Å². The Labute approximate surface area is 251 Å². The van der Waals surface area contributed by atoms with E-state index in [1.54, 1.807) is 24.3 Å². The monoisotopic (exact) mass is 644 g/mol. The van der Waals surface area contributed by atoms with Crippen LogP contribution in [0.25, 0.3) is 6.08 Å². The second-order valence-electron chi connectivity index (χ2n) is 8.47. The molecule has 1 N–H and O–H groups in total. The van der Waals surface area contributed by atoms with E-state index in [-0.39, 0.29) is 33.7 Å². The van der Waals surface area contributed by atoms with E-state index >= 15 is 0 Å². The summed E-state index contributed by atoms with van der Waals surface area (Å²) in [4.78, 5) is 38.5. The molecule has 1 heterocycles. The summed E-state index contributed by atoms with van der Waals surface area (Å²) < 4.78 is 50.0. The molecule has 14 heteroatoms. The van der Waals surface area contributed by atoms with Gasteiger partial charge in [0.05, 0.1) is 32.6 Å². The largest absolute Gasteiger partial charge is 0.493 e. The fraction of sp³-hybridized carbons (Fsp3) is 0.148. The number of alkyl halides is 3. The predicted octanol–water partition coefficient (Wildman–Crippen LogP) is 7.93. The Morgan fingerprint density at radius 1 is 1.02 bits per heavy atom. The molecule has 0 saturated carbocycles. The molecular formula is C27H18Cl3F3N2O5S. The first-order chi connectivity index (χ1) is 19.3. The van der Waals surface area contributed by atoms with Crippen molar-refractivity contribution in [2.75, 3.05) is 19.0 Å². The molecule has 1 aliphatic heterocycles. The molecule has 0 atom stereocenters. The van der Waals surface area contributed by atoms with Crippen LogP contribution in [0.1, 0.15) is 16.7 Å². The molecular weight excluding hydrogens is 628 g/mol. The Balaban J connectivity index is 1.46. The molecule has 0 unspecified atom stereocenters. The van der Waals surface area contributed by atoms with E-state index in [1.807, 2.05) is 0 Å². The number of nitrogens with one attached hydrogen (secondary N) is 1. The number of carbonyl (C=O) groups excluding carboxylic acids is 3. The van der Waals surface area contributed by atoms with Gasteiger partial charge < -0.3 is 14.8 Å². The number of rotatable bonds is 8. The topological polar surface area (TPSA) is 84.9 Å². The average molecular weight is 646 g/mol. The normalized spacial score (nSPS) is 14.5. The number of carbonyl (C=O) groups is 3. The first-order valence-electron chi connectivity index (χ1n) is 11.5. The van der Waals surface area contributed by atoms with Crippen molar-refractivity contribution in [3.63, 3.8) is 0 Å². The van der Waals surface area contributed by atoms with Crippen molar-refractivity contribution in [1.82, 2.24) is 4.90 Å². The maximum atomic E-state index is 12.9. The molecule has 214 valence electrons. The molecule has 0 spiro atoms. The molecule has 3 aromatic carbocycles. The van der Waals surface area contributed by atoms with Gasteiger partial charge in [-0.25, -0.2) is 0 Å². The van der Waals surface area contributed by atoms with E-state index in [0.29, 0.717) is 32.3 Å². The van der Waals surface area contributed by atoms with Gasteiger partial charge in [-0.3, -0.25) is 19.3 Å². The lowest BCUT2D eigenvalue weighted by atomic mass is 10.1. The lowest BCUT2D eigenvalue weighted by Crippen LogP contribution is -2.36. The molecule has 0 aliphatic carbocycles. The Bertz CT molecular complexity index is 1570. The third-order valence-corrected chi connectivity index (χ3v) is 7.49. The fourth-order valence-electron chi connectivity index (χ4n) is 3.65. The zero-order chi connectivity index (χ0) is 29.9. The van der Waals surface area contributed by atoms with E-state index in [4.69, 9.17) is 44.3 Å². The number of thioether (sulfide) groups is 1. The number of benzene rings is 3. The summed E-state index contributed by atoms with van der Waals surface area (Å²) in [5, 5.41) is 2.47. The van der Waals surface area contributed by atoms with Gasteiger partial charge in [0.2, 0.25) is 5.91 Å². The Morgan fingerprint density at radius 2 is 1.78 bits per heavy atom. The molecule has 41 heavy (non-hydrogen) atoms. The van der Waals surface area contributed by atoms with Gasteiger partial charge in [0.15, 0.2) is 11.5 Å². The van der Waals surface area contributed by atoms with Crippen molar-refractivity contribution in [3.05, 3.63) is 91.3 Å². The van der Waals surface area contributed by atoms with E-state index < -0.39 is 35.3 Å². The summed E-state index contributed by atoms with van der Waals surface area (Å²) in [5.74, 6) is -1.12. The van der Waals surface area contributed by atoms with Crippen LogP contribution in [0.2, 0.25) is 15.1 Å². The molecule has 3 amide bonds. The van der Waals surface area contributed by atoms with Crippen LogP contribution in [-0.2, 0) is 22.4 Å². The van der Waals surface area contributed by atoms with Crippen molar-refractivity contribution in [1.29, 1.82) is 0 Å². The Hall–Kier alpha value is -3.38. The lowest BCUT2D eigenvalue weighted by molar-refractivity contribution is -0.137. The molecule has 4 rings (SSSR count). The second kappa shape index (κ2) is 12.6. The van der Waals surface area contributed by atoms with Crippen molar-refractivity contribution < 1.29 is 37.0 Å². The number of amides is 3. The summed E-state index contributed by atoms with van der Waals surface area (Å²) in [6, 6.07) is 12.1. The van der Waals surface area contributed by atoms with Crippen LogP contribution < -0.4 is 14.8 Å². The highest BCUT2D eigenvalue weighted by Gasteiger charge is 2.36. The number of anilines is 1. The third-order valence-electron chi connectivity index (χ3n) is 5.57. The summed E-state index contributed by atoms with van der Waals surface area (Å²) in [5.41, 5.74) is 0.0554. The van der Waals surface area contributed by atoms with Crippen molar-refractivity contribution in [3.8, 4) is 11.5 Å². The van der Waals surface area contributed by atoms with Crippen LogP contribution in [0.4, 0.5) is 23.7 Å². The van der Waals surface area contributed by atoms with Gasteiger partial charge in [-0.2, -0.15) is 13.2 Å². The van der Waals surface area contributed by atoms with Crippen LogP contribution >= 0.6 is 46.6 Å². The van der Waals surface area contributed by atoms with Crippen molar-refractivity contribution >= 4 is 75.4 Å². The zero-order valence-electron chi connectivity index (χ0n) is 20.9. The van der Waals surface area contributed by atoms with Gasteiger partial charge in [-0.1, -0.05) is 46.9 Å². The number of nitrogens with zero attached hydrogens (tertiary/aromatic N) is 1. The van der Waals surface area contributed by atoms with E-state index in [0.717, 1.165) is 23.8 Å². The highest BCUT2D eigenvalue weighted by molar-refractivity contribution is 8.18. The van der Waals surface area contributed by atoms with E-state index in [1.165, 1.54) is 25.3 Å². The van der Waals surface area contributed by atoms with Gasteiger partial charge in [0, 0.05) is 5.69 Å². The fourth-order valence-corrected chi connectivity index (χ4v) is 5.09. The van der Waals surface area contributed by atoms with E-state index in [2.05, 4.69) is 5.32 Å².